The van der Waals surface area contributed by atoms with E-state index in [1.807, 2.05) is 6.07 Å². The molecule has 0 N–H and O–H groups in total. The van der Waals surface area contributed by atoms with E-state index in [9.17, 15) is 8.42 Å². The van der Waals surface area contributed by atoms with E-state index in [4.69, 9.17) is 5.26 Å². The van der Waals surface area contributed by atoms with Gasteiger partial charge < -0.3 is 0 Å². The monoisotopic (exact) mass is 335 g/mol. The van der Waals surface area contributed by atoms with Gasteiger partial charge in [-0.3, -0.25) is 0 Å². The molecule has 2 rings (SSSR count). The van der Waals surface area contributed by atoms with Gasteiger partial charge in [-0.2, -0.15) is 22.3 Å². The molecule has 126 valence electrons. The van der Waals surface area contributed by atoms with Gasteiger partial charge in [-0.05, 0) is 38.7 Å². The smallest absolute Gasteiger partial charge is 0.198 e. The lowest BCUT2D eigenvalue weighted by molar-refractivity contribution is 0.347. The normalized spacial score (nSPS) is 20.6. The second-order valence-electron chi connectivity index (χ2n) is 6.50. The molecular weight excluding hydrogens is 310 g/mol. The summed E-state index contributed by atoms with van der Waals surface area (Å²) in [5.74, 6) is 0.239. The molecule has 0 spiro atoms. The van der Waals surface area contributed by atoms with Gasteiger partial charge >= 0.3 is 0 Å². The highest BCUT2D eigenvalue weighted by atomic mass is 32.2. The summed E-state index contributed by atoms with van der Waals surface area (Å²) < 4.78 is 28.3. The van der Waals surface area contributed by atoms with Gasteiger partial charge in [-0.15, -0.1) is 0 Å². The second kappa shape index (κ2) is 7.00. The van der Waals surface area contributed by atoms with Crippen LogP contribution in [0.2, 0.25) is 0 Å². The molecule has 0 bridgehead atoms. The first-order valence-corrected chi connectivity index (χ1v) is 9.33. The number of hydrogen-bond donors (Lipinski definition) is 0. The van der Waals surface area contributed by atoms with Crippen LogP contribution >= 0.6 is 0 Å². The van der Waals surface area contributed by atoms with Crippen molar-refractivity contribution in [3.05, 3.63) is 34.9 Å². The Hall–Kier alpha value is -1.42. The van der Waals surface area contributed by atoms with E-state index in [2.05, 4.69) is 32.0 Å². The van der Waals surface area contributed by atoms with Gasteiger partial charge in [0, 0.05) is 26.2 Å². The first-order chi connectivity index (χ1) is 10.8. The van der Waals surface area contributed by atoms with Gasteiger partial charge in [0.2, 0.25) is 0 Å². The van der Waals surface area contributed by atoms with Crippen LogP contribution in [0.4, 0.5) is 0 Å². The van der Waals surface area contributed by atoms with E-state index in [1.54, 1.807) is 18.3 Å². The second-order valence-corrected chi connectivity index (χ2v) is 8.49. The Balaban J connectivity index is 2.14. The van der Waals surface area contributed by atoms with Gasteiger partial charge in [0.15, 0.2) is 0 Å². The fourth-order valence-corrected chi connectivity index (χ4v) is 4.72. The van der Waals surface area contributed by atoms with Crippen molar-refractivity contribution in [3.8, 4) is 6.07 Å². The lowest BCUT2D eigenvalue weighted by Crippen LogP contribution is -2.44. The van der Waals surface area contributed by atoms with Crippen LogP contribution in [0, 0.1) is 25.2 Å². The van der Waals surface area contributed by atoms with Crippen molar-refractivity contribution in [2.45, 2.75) is 45.6 Å². The predicted molar refractivity (Wildman–Crippen MR) is 91.2 cm³/mol. The fourth-order valence-electron chi connectivity index (χ4n) is 3.13. The van der Waals surface area contributed by atoms with E-state index >= 15 is 0 Å². The largest absolute Gasteiger partial charge is 0.282 e. The van der Waals surface area contributed by atoms with Gasteiger partial charge in [0.25, 0.3) is 10.2 Å². The molecule has 6 heteroatoms. The highest BCUT2D eigenvalue weighted by Crippen LogP contribution is 2.31. The molecule has 5 nitrogen and oxygen atoms in total. The Labute approximate surface area is 139 Å². The van der Waals surface area contributed by atoms with Crippen LogP contribution in [0.15, 0.2) is 18.2 Å². The Morgan fingerprint density at radius 2 is 1.96 bits per heavy atom. The molecule has 2 atom stereocenters. The lowest BCUT2D eigenvalue weighted by atomic mass is 9.95. The van der Waals surface area contributed by atoms with Crippen molar-refractivity contribution in [2.75, 3.05) is 20.1 Å². The van der Waals surface area contributed by atoms with Gasteiger partial charge in [-0.25, -0.2) is 0 Å². The molecule has 0 aromatic heterocycles. The third kappa shape index (κ3) is 3.92. The molecule has 1 aliphatic heterocycles. The summed E-state index contributed by atoms with van der Waals surface area (Å²) in [6.45, 7) is 6.94. The number of hydrogen-bond acceptors (Lipinski definition) is 3. The molecule has 23 heavy (non-hydrogen) atoms. The summed E-state index contributed by atoms with van der Waals surface area (Å²) in [5, 5.41) is 8.77. The van der Waals surface area contributed by atoms with Crippen LogP contribution in [-0.4, -0.2) is 43.2 Å². The Kier molecular flexibility index (Phi) is 5.45. The molecule has 1 saturated heterocycles. The highest BCUT2D eigenvalue weighted by Gasteiger charge is 2.36. The quantitative estimate of drug-likeness (QED) is 0.831. The first kappa shape index (κ1) is 17.9. The minimum atomic E-state index is -3.51. The van der Waals surface area contributed by atoms with Gasteiger partial charge in [0.05, 0.1) is 12.5 Å². The van der Waals surface area contributed by atoms with Crippen LogP contribution in [0.1, 0.15) is 42.4 Å². The Morgan fingerprint density at radius 1 is 1.35 bits per heavy atom. The minimum absolute atomic E-state index is 0.198. The molecule has 0 radical (unpaired) electrons. The average Bonchev–Trinajstić information content (AvgIpc) is 2.96. The van der Waals surface area contributed by atoms with Crippen LogP contribution in [-0.2, 0) is 10.2 Å². The van der Waals surface area contributed by atoms with Crippen LogP contribution in [0.5, 0.6) is 0 Å². The predicted octanol–water partition coefficient (Wildman–Crippen LogP) is 2.57. The van der Waals surface area contributed by atoms with Crippen molar-refractivity contribution < 1.29 is 8.42 Å². The molecule has 1 aromatic carbocycles. The lowest BCUT2D eigenvalue weighted by Gasteiger charge is -2.27. The summed E-state index contributed by atoms with van der Waals surface area (Å²) in [6.07, 6.45) is 1.03. The third-order valence-corrected chi connectivity index (χ3v) is 6.64. The van der Waals surface area contributed by atoms with Crippen molar-refractivity contribution in [2.24, 2.45) is 0 Å². The molecule has 0 unspecified atom stereocenters. The number of aryl methyl sites for hydroxylation is 2. The Bertz CT molecular complexity index is 689. The average molecular weight is 335 g/mol. The summed E-state index contributed by atoms with van der Waals surface area (Å²) in [4.78, 5) is 0. The number of rotatable bonds is 5. The number of nitriles is 1. The van der Waals surface area contributed by atoms with Crippen molar-refractivity contribution in [3.63, 3.8) is 0 Å². The highest BCUT2D eigenvalue weighted by molar-refractivity contribution is 7.86. The molecule has 0 aliphatic carbocycles. The maximum absolute atomic E-state index is 12.7. The van der Waals surface area contributed by atoms with Crippen molar-refractivity contribution in [1.82, 2.24) is 8.61 Å². The van der Waals surface area contributed by atoms with Crippen molar-refractivity contribution >= 4 is 10.2 Å². The van der Waals surface area contributed by atoms with Crippen LogP contribution < -0.4 is 0 Å². The molecule has 1 heterocycles. The van der Waals surface area contributed by atoms with E-state index in [1.165, 1.54) is 21.0 Å². The maximum atomic E-state index is 12.7. The first-order valence-electron chi connectivity index (χ1n) is 7.94. The summed E-state index contributed by atoms with van der Waals surface area (Å²) >= 11 is 0. The van der Waals surface area contributed by atoms with Gasteiger partial charge in [-0.1, -0.05) is 29.3 Å². The topological polar surface area (TPSA) is 64.4 Å². The molecule has 1 aliphatic rings. The zero-order valence-corrected chi connectivity index (χ0v) is 15.1. The molecule has 0 amide bonds. The maximum Gasteiger partial charge on any atom is 0.282 e. The summed E-state index contributed by atoms with van der Waals surface area (Å²) in [7, 11) is -1.95. The zero-order chi connectivity index (χ0) is 17.2. The standard InChI is InChI=1S/C17H25N3O2S/c1-13-9-14(2)11-17(10-13)16-6-8-20(12-16)23(21,22)19(4)15(3)5-7-18/h9-11,15-16H,5-6,8,12H2,1-4H3/t15-,16+/m1/s1. The molecule has 1 fully saturated rings. The third-order valence-electron chi connectivity index (χ3n) is 4.56. The van der Waals surface area contributed by atoms with E-state index < -0.39 is 10.2 Å². The minimum Gasteiger partial charge on any atom is -0.198 e. The van der Waals surface area contributed by atoms with E-state index in [0.29, 0.717) is 13.1 Å². The number of benzene rings is 1. The SMILES string of the molecule is Cc1cc(C)cc([C@H]2CCN(S(=O)(=O)N(C)[C@H](C)CC#N)C2)c1. The van der Waals surface area contributed by atoms with Gasteiger partial charge in [0.1, 0.15) is 0 Å². The molecular formula is C17H25N3O2S. The molecule has 1 aromatic rings. The fraction of sp³-hybridized carbons (Fsp3) is 0.588. The Morgan fingerprint density at radius 3 is 2.52 bits per heavy atom. The van der Waals surface area contributed by atoms with Crippen LogP contribution in [0.3, 0.4) is 0 Å². The number of nitrogens with zero attached hydrogens (tertiary/aromatic N) is 3. The zero-order valence-electron chi connectivity index (χ0n) is 14.3. The van der Waals surface area contributed by atoms with Crippen LogP contribution in [0.25, 0.3) is 0 Å². The van der Waals surface area contributed by atoms with E-state index in [0.717, 1.165) is 6.42 Å². The summed E-state index contributed by atoms with van der Waals surface area (Å²) in [5.41, 5.74) is 3.63. The van der Waals surface area contributed by atoms with E-state index in [-0.39, 0.29) is 18.4 Å². The van der Waals surface area contributed by atoms with Crippen molar-refractivity contribution in [1.29, 1.82) is 5.26 Å². The summed E-state index contributed by atoms with van der Waals surface area (Å²) in [6, 6.07) is 8.15. The molecule has 0 saturated carbocycles.